The van der Waals surface area contributed by atoms with Crippen LogP contribution >= 0.6 is 0 Å². The Kier molecular flexibility index (Phi) is 7.48. The molecule has 1 heterocycles. The number of fused-ring (bicyclic) bond motifs is 1. The van der Waals surface area contributed by atoms with E-state index in [1.54, 1.807) is 12.1 Å². The van der Waals surface area contributed by atoms with Gasteiger partial charge in [-0.05, 0) is 67.1 Å². The first kappa shape index (κ1) is 24.9. The molecule has 34 heavy (non-hydrogen) atoms. The van der Waals surface area contributed by atoms with Gasteiger partial charge in [0.1, 0.15) is 5.82 Å². The number of carbonyl (C=O) groups excluding carboxylic acids is 2. The number of benzene rings is 1. The minimum Gasteiger partial charge on any atom is -0.392 e. The summed E-state index contributed by atoms with van der Waals surface area (Å²) in [6.07, 6.45) is 2.92. The van der Waals surface area contributed by atoms with Crippen LogP contribution < -0.4 is 10.6 Å². The SMILES string of the molecule is C[C@H]1[C@@H]2[C@@H](O)C([C@H](C)C(=O)N3CCOCC3)CC[C@@]2(C)CC[C@@H]1NC(=O)Nc1cccc(F)c1. The average Bonchev–Trinajstić information content (AvgIpc) is 2.81. The molecule has 4 rings (SSSR count). The van der Waals surface area contributed by atoms with Gasteiger partial charge in [0.15, 0.2) is 0 Å². The van der Waals surface area contributed by atoms with Crippen LogP contribution in [-0.4, -0.2) is 60.4 Å². The number of rotatable bonds is 4. The average molecular weight is 476 g/mol. The summed E-state index contributed by atoms with van der Waals surface area (Å²) in [6.45, 7) is 8.62. The van der Waals surface area contributed by atoms with Crippen LogP contribution in [0.15, 0.2) is 24.3 Å². The third-order valence-electron chi connectivity index (χ3n) is 8.64. The van der Waals surface area contributed by atoms with Crippen LogP contribution in [0.3, 0.4) is 0 Å². The lowest BCUT2D eigenvalue weighted by atomic mass is 9.51. The summed E-state index contributed by atoms with van der Waals surface area (Å²) in [5.74, 6) is -0.634. The highest BCUT2D eigenvalue weighted by Gasteiger charge is 2.54. The maximum absolute atomic E-state index is 13.5. The molecular formula is C26H38FN3O4. The van der Waals surface area contributed by atoms with Crippen LogP contribution in [0.4, 0.5) is 14.9 Å². The van der Waals surface area contributed by atoms with Crippen molar-refractivity contribution < 1.29 is 23.8 Å². The standard InChI is InChI=1S/C26H38FN3O4/c1-16(24(32)30-11-13-34-14-12-30)20-7-9-26(3)10-8-21(17(2)22(26)23(20)31)29-25(33)28-19-6-4-5-18(27)15-19/h4-6,15-17,20-23,31H,7-14H2,1-3H3,(H2,28,29,33)/t16-,17+,20?,21-,22+,23-,26-/m0/s1. The number of aliphatic hydroxyl groups is 1. The Bertz CT molecular complexity index is 893. The number of nitrogens with one attached hydrogen (secondary N) is 2. The lowest BCUT2D eigenvalue weighted by Gasteiger charge is -2.56. The predicted octanol–water partition coefficient (Wildman–Crippen LogP) is 3.63. The number of morpholine rings is 1. The van der Waals surface area contributed by atoms with Crippen molar-refractivity contribution in [1.82, 2.24) is 10.2 Å². The van der Waals surface area contributed by atoms with Crippen molar-refractivity contribution in [3.05, 3.63) is 30.1 Å². The summed E-state index contributed by atoms with van der Waals surface area (Å²) in [7, 11) is 0. The molecule has 188 valence electrons. The molecule has 0 aromatic heterocycles. The zero-order chi connectivity index (χ0) is 24.5. The number of urea groups is 1. The van der Waals surface area contributed by atoms with E-state index in [2.05, 4.69) is 24.5 Å². The van der Waals surface area contributed by atoms with Gasteiger partial charge >= 0.3 is 6.03 Å². The van der Waals surface area contributed by atoms with E-state index in [4.69, 9.17) is 4.74 Å². The molecule has 2 saturated carbocycles. The fourth-order valence-electron chi connectivity index (χ4n) is 6.65. The van der Waals surface area contributed by atoms with Gasteiger partial charge in [0.25, 0.3) is 0 Å². The van der Waals surface area contributed by atoms with E-state index in [9.17, 15) is 19.1 Å². The molecule has 3 aliphatic rings. The van der Waals surface area contributed by atoms with Crippen LogP contribution in [0.25, 0.3) is 0 Å². The Labute approximate surface area is 201 Å². The molecule has 0 bridgehead atoms. The Morgan fingerprint density at radius 2 is 1.94 bits per heavy atom. The normalized spacial score (nSPS) is 34.6. The zero-order valence-electron chi connectivity index (χ0n) is 20.4. The lowest BCUT2D eigenvalue weighted by Crippen LogP contribution is -2.59. The number of aliphatic hydroxyl groups excluding tert-OH is 1. The lowest BCUT2D eigenvalue weighted by molar-refractivity contribution is -0.153. The van der Waals surface area contributed by atoms with E-state index in [1.807, 2.05) is 11.8 Å². The second-order valence-electron chi connectivity index (χ2n) is 10.7. The summed E-state index contributed by atoms with van der Waals surface area (Å²) in [6, 6.07) is 5.33. The Morgan fingerprint density at radius 3 is 2.65 bits per heavy atom. The molecule has 0 spiro atoms. The number of nitrogens with zero attached hydrogens (tertiary/aromatic N) is 1. The van der Waals surface area contributed by atoms with Crippen molar-refractivity contribution in [1.29, 1.82) is 0 Å². The molecule has 1 aromatic carbocycles. The van der Waals surface area contributed by atoms with Gasteiger partial charge in [0.05, 0.1) is 19.3 Å². The molecule has 1 aliphatic heterocycles. The Morgan fingerprint density at radius 1 is 1.24 bits per heavy atom. The van der Waals surface area contributed by atoms with Crippen LogP contribution in [0.2, 0.25) is 0 Å². The Balaban J connectivity index is 1.42. The van der Waals surface area contributed by atoms with Gasteiger partial charge in [-0.3, -0.25) is 4.79 Å². The molecule has 1 unspecified atom stereocenters. The van der Waals surface area contributed by atoms with Gasteiger partial charge in [0.2, 0.25) is 5.91 Å². The van der Waals surface area contributed by atoms with Crippen molar-refractivity contribution in [2.45, 2.75) is 58.6 Å². The smallest absolute Gasteiger partial charge is 0.319 e. The summed E-state index contributed by atoms with van der Waals surface area (Å²) < 4.78 is 18.8. The second kappa shape index (κ2) is 10.2. The first-order chi connectivity index (χ1) is 16.2. The quantitative estimate of drug-likeness (QED) is 0.620. The number of carbonyl (C=O) groups is 2. The number of hydrogen-bond donors (Lipinski definition) is 3. The summed E-state index contributed by atoms with van der Waals surface area (Å²) in [5.41, 5.74) is 0.382. The van der Waals surface area contributed by atoms with Crippen molar-refractivity contribution in [3.63, 3.8) is 0 Å². The monoisotopic (exact) mass is 475 g/mol. The minimum absolute atomic E-state index is 0.0144. The van der Waals surface area contributed by atoms with Crippen molar-refractivity contribution in [3.8, 4) is 0 Å². The highest BCUT2D eigenvalue weighted by molar-refractivity contribution is 5.89. The van der Waals surface area contributed by atoms with E-state index in [-0.39, 0.29) is 47.1 Å². The van der Waals surface area contributed by atoms with E-state index >= 15 is 0 Å². The highest BCUT2D eigenvalue weighted by atomic mass is 19.1. The third-order valence-corrected chi connectivity index (χ3v) is 8.64. The van der Waals surface area contributed by atoms with Crippen molar-refractivity contribution >= 4 is 17.6 Å². The topological polar surface area (TPSA) is 90.9 Å². The number of halogens is 1. The largest absolute Gasteiger partial charge is 0.392 e. The van der Waals surface area contributed by atoms with Crippen molar-refractivity contribution in [2.24, 2.45) is 29.1 Å². The predicted molar refractivity (Wildman–Crippen MR) is 128 cm³/mol. The number of hydrogen-bond acceptors (Lipinski definition) is 4. The van der Waals surface area contributed by atoms with E-state index in [0.717, 1.165) is 25.7 Å². The number of amides is 3. The second-order valence-corrected chi connectivity index (χ2v) is 10.7. The molecule has 7 nitrogen and oxygen atoms in total. The highest BCUT2D eigenvalue weighted by Crippen LogP contribution is 2.55. The van der Waals surface area contributed by atoms with Gasteiger partial charge in [-0.2, -0.15) is 0 Å². The van der Waals surface area contributed by atoms with Gasteiger partial charge in [-0.1, -0.05) is 26.8 Å². The van der Waals surface area contributed by atoms with Gasteiger partial charge < -0.3 is 25.4 Å². The van der Waals surface area contributed by atoms with E-state index < -0.39 is 11.9 Å². The third kappa shape index (κ3) is 5.08. The molecule has 1 saturated heterocycles. The maximum atomic E-state index is 13.5. The minimum atomic E-state index is -0.607. The molecular weight excluding hydrogens is 437 g/mol. The zero-order valence-corrected chi connectivity index (χ0v) is 20.4. The summed E-state index contributed by atoms with van der Waals surface area (Å²) in [4.78, 5) is 27.6. The molecule has 0 radical (unpaired) electrons. The fraction of sp³-hybridized carbons (Fsp3) is 0.692. The molecule has 2 aliphatic carbocycles. The molecule has 3 fully saturated rings. The molecule has 3 amide bonds. The van der Waals surface area contributed by atoms with Gasteiger partial charge in [-0.25, -0.2) is 9.18 Å². The summed E-state index contributed by atoms with van der Waals surface area (Å²) in [5, 5.41) is 17.3. The molecule has 3 N–H and O–H groups in total. The summed E-state index contributed by atoms with van der Waals surface area (Å²) >= 11 is 0. The number of ether oxygens (including phenoxy) is 1. The van der Waals surface area contributed by atoms with Crippen LogP contribution in [0.1, 0.15) is 46.5 Å². The van der Waals surface area contributed by atoms with Gasteiger partial charge in [0, 0.05) is 30.7 Å². The van der Waals surface area contributed by atoms with Crippen LogP contribution in [0.5, 0.6) is 0 Å². The maximum Gasteiger partial charge on any atom is 0.319 e. The molecule has 1 aromatic rings. The first-order valence-electron chi connectivity index (χ1n) is 12.6. The van der Waals surface area contributed by atoms with Crippen molar-refractivity contribution in [2.75, 3.05) is 31.6 Å². The van der Waals surface area contributed by atoms with Crippen LogP contribution in [0, 0.1) is 34.9 Å². The fourth-order valence-corrected chi connectivity index (χ4v) is 6.65. The number of anilines is 1. The molecule has 7 atom stereocenters. The Hall–Kier alpha value is -2.19. The first-order valence-corrected chi connectivity index (χ1v) is 12.6. The van der Waals surface area contributed by atoms with E-state index in [1.165, 1.54) is 12.1 Å². The van der Waals surface area contributed by atoms with Crippen LogP contribution in [-0.2, 0) is 9.53 Å². The van der Waals surface area contributed by atoms with Gasteiger partial charge in [-0.15, -0.1) is 0 Å². The molecule has 8 heteroatoms. The van der Waals surface area contributed by atoms with E-state index in [0.29, 0.717) is 32.0 Å².